The molecule has 0 atom stereocenters. The lowest BCUT2D eigenvalue weighted by Gasteiger charge is -2.12. The second-order valence-corrected chi connectivity index (χ2v) is 6.26. The second kappa shape index (κ2) is 11.1. The summed E-state index contributed by atoms with van der Waals surface area (Å²) in [6, 6.07) is 4.07. The molecule has 0 radical (unpaired) electrons. The summed E-state index contributed by atoms with van der Waals surface area (Å²) < 4.78 is 1.96. The Morgan fingerprint density at radius 1 is 1.24 bits per heavy atom. The van der Waals surface area contributed by atoms with Gasteiger partial charge in [0.1, 0.15) is 11.6 Å². The smallest absolute Gasteiger partial charge is 0.191 e. The molecule has 0 aliphatic carbocycles. The maximum atomic E-state index is 4.50. The standard InChI is InChI=1S/C18H28N6.HI/c1-14(2)6-5-9-21-18(19-4)23-13-16-7-8-17(22-12-16)24-11-10-20-15(24)3;/h7-8,10-12,14H,5-6,9,13H2,1-4H3,(H2,19,21,23);1H. The Morgan fingerprint density at radius 3 is 2.60 bits per heavy atom. The van der Waals surface area contributed by atoms with Crippen LogP contribution < -0.4 is 10.6 Å². The van der Waals surface area contributed by atoms with Gasteiger partial charge in [-0.1, -0.05) is 19.9 Å². The average molecular weight is 456 g/mol. The van der Waals surface area contributed by atoms with E-state index >= 15 is 0 Å². The summed E-state index contributed by atoms with van der Waals surface area (Å²) in [5, 5.41) is 6.66. The third-order valence-corrected chi connectivity index (χ3v) is 3.82. The molecular weight excluding hydrogens is 427 g/mol. The van der Waals surface area contributed by atoms with Gasteiger partial charge in [-0.3, -0.25) is 9.56 Å². The molecule has 2 rings (SSSR count). The van der Waals surface area contributed by atoms with Crippen LogP contribution in [0.5, 0.6) is 0 Å². The van der Waals surface area contributed by atoms with Crippen LogP contribution >= 0.6 is 24.0 Å². The van der Waals surface area contributed by atoms with E-state index in [4.69, 9.17) is 0 Å². The van der Waals surface area contributed by atoms with Crippen LogP contribution in [-0.4, -0.2) is 34.1 Å². The van der Waals surface area contributed by atoms with Gasteiger partial charge in [-0.2, -0.15) is 0 Å². The Morgan fingerprint density at radius 2 is 2.04 bits per heavy atom. The van der Waals surface area contributed by atoms with E-state index in [0.717, 1.165) is 42.0 Å². The molecule has 2 aromatic rings. The first-order valence-electron chi connectivity index (χ1n) is 8.50. The zero-order valence-corrected chi connectivity index (χ0v) is 17.8. The number of imidazole rings is 1. The third kappa shape index (κ3) is 7.01. The van der Waals surface area contributed by atoms with Crippen molar-refractivity contribution in [3.63, 3.8) is 0 Å². The van der Waals surface area contributed by atoms with E-state index in [9.17, 15) is 0 Å². The van der Waals surface area contributed by atoms with Crippen LogP contribution in [0, 0.1) is 12.8 Å². The topological polar surface area (TPSA) is 67.1 Å². The Labute approximate surface area is 167 Å². The molecule has 0 amide bonds. The first-order valence-corrected chi connectivity index (χ1v) is 8.50. The van der Waals surface area contributed by atoms with Gasteiger partial charge >= 0.3 is 0 Å². The molecule has 25 heavy (non-hydrogen) atoms. The van der Waals surface area contributed by atoms with E-state index in [-0.39, 0.29) is 24.0 Å². The molecule has 2 N–H and O–H groups in total. The average Bonchev–Trinajstić information content (AvgIpc) is 3.00. The molecule has 0 saturated carbocycles. The van der Waals surface area contributed by atoms with E-state index in [1.165, 1.54) is 6.42 Å². The number of hydrogen-bond acceptors (Lipinski definition) is 3. The van der Waals surface area contributed by atoms with Gasteiger partial charge < -0.3 is 10.6 Å². The SMILES string of the molecule is CN=C(NCCCC(C)C)NCc1ccc(-n2ccnc2C)nc1.I. The van der Waals surface area contributed by atoms with Crippen molar-refractivity contribution in [2.24, 2.45) is 10.9 Å². The van der Waals surface area contributed by atoms with Crippen LogP contribution in [0.3, 0.4) is 0 Å². The monoisotopic (exact) mass is 456 g/mol. The molecule has 0 spiro atoms. The van der Waals surface area contributed by atoms with Crippen LogP contribution in [0.15, 0.2) is 35.7 Å². The highest BCUT2D eigenvalue weighted by Crippen LogP contribution is 2.08. The van der Waals surface area contributed by atoms with Gasteiger partial charge in [-0.25, -0.2) is 9.97 Å². The summed E-state index contributed by atoms with van der Waals surface area (Å²) in [4.78, 5) is 13.0. The number of aryl methyl sites for hydroxylation is 1. The fourth-order valence-corrected chi connectivity index (χ4v) is 2.41. The number of hydrogen-bond donors (Lipinski definition) is 2. The minimum atomic E-state index is 0. The van der Waals surface area contributed by atoms with E-state index in [0.29, 0.717) is 6.54 Å². The first kappa shape index (κ1) is 21.4. The molecule has 2 heterocycles. The molecular formula is C18H29IN6. The summed E-state index contributed by atoms with van der Waals surface area (Å²) in [5.74, 6) is 3.38. The predicted molar refractivity (Wildman–Crippen MR) is 114 cm³/mol. The third-order valence-electron chi connectivity index (χ3n) is 3.82. The van der Waals surface area contributed by atoms with Crippen LogP contribution in [0.1, 0.15) is 38.1 Å². The number of nitrogens with one attached hydrogen (secondary N) is 2. The largest absolute Gasteiger partial charge is 0.356 e. The van der Waals surface area contributed by atoms with E-state index in [1.54, 1.807) is 13.2 Å². The Kier molecular flexibility index (Phi) is 9.48. The highest BCUT2D eigenvalue weighted by atomic mass is 127. The lowest BCUT2D eigenvalue weighted by Crippen LogP contribution is -2.37. The van der Waals surface area contributed by atoms with Crippen LogP contribution in [0.4, 0.5) is 0 Å². The second-order valence-electron chi connectivity index (χ2n) is 6.26. The fourth-order valence-electron chi connectivity index (χ4n) is 2.41. The van der Waals surface area contributed by atoms with Gasteiger partial charge in [-0.05, 0) is 37.3 Å². The molecule has 2 aromatic heterocycles. The minimum absolute atomic E-state index is 0. The van der Waals surface area contributed by atoms with Gasteiger partial charge in [0.2, 0.25) is 0 Å². The van der Waals surface area contributed by atoms with Gasteiger partial charge in [0.25, 0.3) is 0 Å². The summed E-state index contributed by atoms with van der Waals surface area (Å²) >= 11 is 0. The van der Waals surface area contributed by atoms with E-state index in [2.05, 4.69) is 45.5 Å². The minimum Gasteiger partial charge on any atom is -0.356 e. The Hall–Kier alpha value is -1.64. The van der Waals surface area contributed by atoms with Gasteiger partial charge in [-0.15, -0.1) is 24.0 Å². The van der Waals surface area contributed by atoms with Crippen molar-refractivity contribution in [3.8, 4) is 5.82 Å². The molecule has 0 fully saturated rings. The van der Waals surface area contributed by atoms with Gasteiger partial charge in [0.05, 0.1) is 0 Å². The number of rotatable bonds is 7. The van der Waals surface area contributed by atoms with Crippen molar-refractivity contribution in [2.45, 2.75) is 40.2 Å². The Bertz CT molecular complexity index is 648. The zero-order valence-electron chi connectivity index (χ0n) is 15.5. The lowest BCUT2D eigenvalue weighted by molar-refractivity contribution is 0.549. The zero-order chi connectivity index (χ0) is 17.4. The molecule has 0 unspecified atom stereocenters. The number of halogens is 1. The van der Waals surface area contributed by atoms with Crippen molar-refractivity contribution in [2.75, 3.05) is 13.6 Å². The molecule has 138 valence electrons. The molecule has 0 saturated heterocycles. The van der Waals surface area contributed by atoms with Gasteiger partial charge in [0, 0.05) is 38.7 Å². The quantitative estimate of drug-likeness (QED) is 0.291. The summed E-state index contributed by atoms with van der Waals surface area (Å²) in [6.07, 6.45) is 7.95. The fraction of sp³-hybridized carbons (Fsp3) is 0.500. The van der Waals surface area contributed by atoms with Crippen LogP contribution in [-0.2, 0) is 6.54 Å². The Balaban J connectivity index is 0.00000312. The van der Waals surface area contributed by atoms with Crippen molar-refractivity contribution in [3.05, 3.63) is 42.1 Å². The van der Waals surface area contributed by atoms with Crippen LogP contribution in [0.25, 0.3) is 5.82 Å². The van der Waals surface area contributed by atoms with Crippen molar-refractivity contribution >= 4 is 29.9 Å². The molecule has 0 aliphatic heterocycles. The maximum Gasteiger partial charge on any atom is 0.191 e. The normalized spacial score (nSPS) is 11.3. The maximum absolute atomic E-state index is 4.50. The highest BCUT2D eigenvalue weighted by molar-refractivity contribution is 14.0. The number of aliphatic imine (C=N–C) groups is 1. The molecule has 0 aromatic carbocycles. The van der Waals surface area contributed by atoms with Crippen molar-refractivity contribution in [1.82, 2.24) is 25.2 Å². The lowest BCUT2D eigenvalue weighted by atomic mass is 10.1. The number of aromatic nitrogens is 3. The highest BCUT2D eigenvalue weighted by Gasteiger charge is 2.03. The van der Waals surface area contributed by atoms with Crippen molar-refractivity contribution in [1.29, 1.82) is 0 Å². The van der Waals surface area contributed by atoms with Gasteiger partial charge in [0.15, 0.2) is 5.96 Å². The number of nitrogens with zero attached hydrogens (tertiary/aromatic N) is 4. The predicted octanol–water partition coefficient (Wildman–Crippen LogP) is 3.29. The molecule has 0 aliphatic rings. The number of guanidine groups is 1. The summed E-state index contributed by atoms with van der Waals surface area (Å²) in [7, 11) is 1.79. The number of pyridine rings is 1. The molecule has 6 nitrogen and oxygen atoms in total. The van der Waals surface area contributed by atoms with Crippen LogP contribution in [0.2, 0.25) is 0 Å². The molecule has 0 bridgehead atoms. The molecule has 7 heteroatoms. The summed E-state index contributed by atoms with van der Waals surface area (Å²) in [6.45, 7) is 8.09. The summed E-state index contributed by atoms with van der Waals surface area (Å²) in [5.41, 5.74) is 1.11. The van der Waals surface area contributed by atoms with E-state index < -0.39 is 0 Å². The van der Waals surface area contributed by atoms with Crippen molar-refractivity contribution < 1.29 is 0 Å². The van der Waals surface area contributed by atoms with E-state index in [1.807, 2.05) is 30.0 Å². The first-order chi connectivity index (χ1) is 11.6.